The second-order valence-electron chi connectivity index (χ2n) is 2.79. The topological polar surface area (TPSA) is 35.3 Å². The van der Waals surface area contributed by atoms with Crippen LogP contribution in [0.2, 0.25) is 0 Å². The van der Waals surface area contributed by atoms with Crippen LogP contribution >= 0.6 is 12.6 Å². The fourth-order valence-electron chi connectivity index (χ4n) is 1.27. The van der Waals surface area contributed by atoms with E-state index >= 15 is 0 Å². The molecule has 0 amide bonds. The maximum absolute atomic E-state index is 5.24. The van der Waals surface area contributed by atoms with Crippen molar-refractivity contribution < 1.29 is 9.15 Å². The molecule has 0 N–H and O–H groups in total. The van der Waals surface area contributed by atoms with E-state index in [1.54, 1.807) is 7.11 Å². The predicted octanol–water partition coefficient (Wildman–Crippen LogP) is 2.43. The quantitative estimate of drug-likeness (QED) is 0.710. The first kappa shape index (κ1) is 8.44. The lowest BCUT2D eigenvalue weighted by atomic mass is 10.2. The number of fused-ring (bicyclic) bond motifs is 1. The van der Waals surface area contributed by atoms with Gasteiger partial charge >= 0.3 is 0 Å². The monoisotopic (exact) mass is 195 g/mol. The number of benzene rings is 1. The minimum atomic E-state index is 0.377. The van der Waals surface area contributed by atoms with Gasteiger partial charge in [-0.15, -0.1) is 0 Å². The van der Waals surface area contributed by atoms with Crippen LogP contribution < -0.4 is 4.74 Å². The lowest BCUT2D eigenvalue weighted by Gasteiger charge is -2.01. The second kappa shape index (κ2) is 2.96. The third kappa shape index (κ3) is 1.37. The van der Waals surface area contributed by atoms with Gasteiger partial charge in [0.15, 0.2) is 5.58 Å². The van der Waals surface area contributed by atoms with Gasteiger partial charge in [0.1, 0.15) is 11.3 Å². The zero-order valence-corrected chi connectivity index (χ0v) is 8.26. The third-order valence-electron chi connectivity index (χ3n) is 1.89. The fourth-order valence-corrected chi connectivity index (χ4v) is 1.47. The van der Waals surface area contributed by atoms with Crippen molar-refractivity contribution in [3.63, 3.8) is 0 Å². The zero-order chi connectivity index (χ0) is 9.42. The fraction of sp³-hybridized carbons (Fsp3) is 0.222. The smallest absolute Gasteiger partial charge is 0.253 e. The van der Waals surface area contributed by atoms with Crippen LogP contribution in [0.1, 0.15) is 5.56 Å². The van der Waals surface area contributed by atoms with Crippen molar-refractivity contribution in [2.75, 3.05) is 7.11 Å². The van der Waals surface area contributed by atoms with E-state index in [-0.39, 0.29) is 0 Å². The van der Waals surface area contributed by atoms with Crippen LogP contribution in [-0.2, 0) is 0 Å². The van der Waals surface area contributed by atoms with Crippen molar-refractivity contribution >= 4 is 23.7 Å². The van der Waals surface area contributed by atoms with Crippen molar-refractivity contribution in [2.24, 2.45) is 0 Å². The van der Waals surface area contributed by atoms with Crippen LogP contribution in [0.5, 0.6) is 5.75 Å². The molecule has 68 valence electrons. The molecule has 2 aromatic rings. The summed E-state index contributed by atoms with van der Waals surface area (Å²) in [5.74, 6) is 0.803. The summed E-state index contributed by atoms with van der Waals surface area (Å²) in [4.78, 5) is 4.09. The van der Waals surface area contributed by atoms with Gasteiger partial charge in [0.2, 0.25) is 0 Å². The first-order chi connectivity index (χ1) is 6.20. The highest BCUT2D eigenvalue weighted by Gasteiger charge is 2.06. The van der Waals surface area contributed by atoms with Crippen molar-refractivity contribution in [3.05, 3.63) is 17.7 Å². The van der Waals surface area contributed by atoms with E-state index in [2.05, 4.69) is 17.6 Å². The van der Waals surface area contributed by atoms with E-state index in [0.717, 1.165) is 16.8 Å². The molecule has 0 fully saturated rings. The molecular weight excluding hydrogens is 186 g/mol. The van der Waals surface area contributed by atoms with Crippen molar-refractivity contribution in [3.8, 4) is 5.75 Å². The zero-order valence-electron chi connectivity index (χ0n) is 7.37. The van der Waals surface area contributed by atoms with Crippen molar-refractivity contribution in [2.45, 2.75) is 12.1 Å². The largest absolute Gasteiger partial charge is 0.496 e. The van der Waals surface area contributed by atoms with Crippen LogP contribution in [0, 0.1) is 6.92 Å². The molecule has 2 rings (SSSR count). The van der Waals surface area contributed by atoms with Crippen molar-refractivity contribution in [1.82, 2.24) is 4.98 Å². The summed E-state index contributed by atoms with van der Waals surface area (Å²) in [7, 11) is 1.63. The molecule has 0 atom stereocenters. The first-order valence-electron chi connectivity index (χ1n) is 3.85. The van der Waals surface area contributed by atoms with E-state index in [0.29, 0.717) is 10.8 Å². The molecule has 0 aliphatic heterocycles. The Morgan fingerprint density at radius 2 is 2.23 bits per heavy atom. The highest BCUT2D eigenvalue weighted by atomic mass is 32.1. The standard InChI is InChI=1S/C9H9NO2S/c1-5-3-6-8(4-7(5)11-2)12-9(13)10-6/h3-4H,1-2H3,(H,10,13). The van der Waals surface area contributed by atoms with Gasteiger partial charge in [0.25, 0.3) is 5.22 Å². The Bertz CT molecular complexity index is 450. The molecule has 13 heavy (non-hydrogen) atoms. The number of thiol groups is 1. The molecule has 1 aromatic carbocycles. The number of hydrogen-bond acceptors (Lipinski definition) is 4. The molecule has 0 saturated carbocycles. The highest BCUT2D eigenvalue weighted by Crippen LogP contribution is 2.26. The average Bonchev–Trinajstić information content (AvgIpc) is 2.42. The predicted molar refractivity (Wildman–Crippen MR) is 52.6 cm³/mol. The van der Waals surface area contributed by atoms with Gasteiger partial charge in [-0.25, -0.2) is 4.98 Å². The summed E-state index contributed by atoms with van der Waals surface area (Å²) in [6.07, 6.45) is 0. The second-order valence-corrected chi connectivity index (χ2v) is 3.17. The third-order valence-corrected chi connectivity index (χ3v) is 2.09. The molecule has 3 nitrogen and oxygen atoms in total. The molecule has 1 heterocycles. The number of ether oxygens (including phenoxy) is 1. The Morgan fingerprint density at radius 1 is 1.46 bits per heavy atom. The van der Waals surface area contributed by atoms with E-state index in [1.807, 2.05) is 19.1 Å². The minimum Gasteiger partial charge on any atom is -0.496 e. The molecule has 4 heteroatoms. The Balaban J connectivity index is 2.72. The van der Waals surface area contributed by atoms with Gasteiger partial charge in [0.05, 0.1) is 7.11 Å². The summed E-state index contributed by atoms with van der Waals surface area (Å²) in [5, 5.41) is 0.377. The number of nitrogens with zero attached hydrogens (tertiary/aromatic N) is 1. The Hall–Kier alpha value is -1.16. The number of aromatic nitrogens is 1. The average molecular weight is 195 g/mol. The van der Waals surface area contributed by atoms with Crippen LogP contribution in [0.3, 0.4) is 0 Å². The Labute approximate surface area is 81.1 Å². The van der Waals surface area contributed by atoms with Gasteiger partial charge in [-0.05, 0) is 18.6 Å². The van der Waals surface area contributed by atoms with E-state index in [9.17, 15) is 0 Å². The first-order valence-corrected chi connectivity index (χ1v) is 4.29. The van der Waals surface area contributed by atoms with Gasteiger partial charge in [-0.2, -0.15) is 0 Å². The Kier molecular flexibility index (Phi) is 1.92. The molecule has 0 aliphatic carbocycles. The molecule has 0 spiro atoms. The number of aryl methyl sites for hydroxylation is 1. The van der Waals surface area contributed by atoms with Crippen LogP contribution in [-0.4, -0.2) is 12.1 Å². The summed E-state index contributed by atoms with van der Waals surface area (Å²) in [6, 6.07) is 3.73. The summed E-state index contributed by atoms with van der Waals surface area (Å²) >= 11 is 4.02. The van der Waals surface area contributed by atoms with Gasteiger partial charge < -0.3 is 9.15 Å². The molecule has 0 radical (unpaired) electrons. The minimum absolute atomic E-state index is 0.377. The van der Waals surface area contributed by atoms with Gasteiger partial charge in [-0.1, -0.05) is 12.6 Å². The highest BCUT2D eigenvalue weighted by molar-refractivity contribution is 7.80. The SMILES string of the molecule is COc1cc2oc(S)nc2cc1C. The number of methoxy groups -OCH3 is 1. The number of rotatable bonds is 1. The van der Waals surface area contributed by atoms with Crippen LogP contribution in [0.15, 0.2) is 21.8 Å². The van der Waals surface area contributed by atoms with Gasteiger partial charge in [0, 0.05) is 6.07 Å². The van der Waals surface area contributed by atoms with E-state index in [4.69, 9.17) is 9.15 Å². The number of oxazole rings is 1. The van der Waals surface area contributed by atoms with Gasteiger partial charge in [-0.3, -0.25) is 0 Å². The van der Waals surface area contributed by atoms with Crippen LogP contribution in [0.25, 0.3) is 11.1 Å². The lowest BCUT2D eigenvalue weighted by Crippen LogP contribution is -1.85. The number of hydrogen-bond donors (Lipinski definition) is 1. The lowest BCUT2D eigenvalue weighted by molar-refractivity contribution is 0.410. The summed E-state index contributed by atoms with van der Waals surface area (Å²) < 4.78 is 10.4. The maximum Gasteiger partial charge on any atom is 0.253 e. The molecule has 0 aliphatic rings. The van der Waals surface area contributed by atoms with E-state index in [1.165, 1.54) is 0 Å². The normalized spacial score (nSPS) is 10.7. The summed E-state index contributed by atoms with van der Waals surface area (Å²) in [5.41, 5.74) is 2.55. The molecule has 0 saturated heterocycles. The molecular formula is C9H9NO2S. The maximum atomic E-state index is 5.24. The van der Waals surface area contributed by atoms with Crippen LogP contribution in [0.4, 0.5) is 0 Å². The Morgan fingerprint density at radius 3 is 2.92 bits per heavy atom. The summed E-state index contributed by atoms with van der Waals surface area (Å²) in [6.45, 7) is 1.96. The molecule has 1 aromatic heterocycles. The van der Waals surface area contributed by atoms with Crippen molar-refractivity contribution in [1.29, 1.82) is 0 Å². The van der Waals surface area contributed by atoms with E-state index < -0.39 is 0 Å². The molecule has 0 bridgehead atoms. The molecule has 0 unspecified atom stereocenters.